The molecule has 9 heavy (non-hydrogen) atoms. The molecule has 0 aromatic heterocycles. The van der Waals surface area contributed by atoms with E-state index < -0.39 is 0 Å². The number of hydrogen-bond donors (Lipinski definition) is 0. The van der Waals surface area contributed by atoms with E-state index in [1.54, 1.807) is 6.08 Å². The molecule has 0 aliphatic rings. The summed E-state index contributed by atoms with van der Waals surface area (Å²) < 4.78 is 0. The summed E-state index contributed by atoms with van der Waals surface area (Å²) in [6.07, 6.45) is 8.19. The second-order valence-corrected chi connectivity index (χ2v) is 1.97. The molecule has 0 saturated heterocycles. The average Bonchev–Trinajstić information content (AvgIpc) is 1.89. The van der Waals surface area contributed by atoms with E-state index in [0.29, 0.717) is 0 Å². The number of rotatable bonds is 4. The van der Waals surface area contributed by atoms with Gasteiger partial charge in [-0.1, -0.05) is 44.7 Å². The monoisotopic (exact) mass is 122 g/mol. The first-order valence-corrected chi connectivity index (χ1v) is 3.29. The van der Waals surface area contributed by atoms with Crippen LogP contribution in [-0.4, -0.2) is 0 Å². The van der Waals surface area contributed by atoms with Crippen LogP contribution in [0.2, 0.25) is 0 Å². The summed E-state index contributed by atoms with van der Waals surface area (Å²) in [5.74, 6) is 0. The second kappa shape index (κ2) is 5.36. The molecule has 50 valence electrons. The molecular formula is C9H14. The summed E-state index contributed by atoms with van der Waals surface area (Å²) in [7, 11) is 0. The molecule has 0 heteroatoms. The van der Waals surface area contributed by atoms with E-state index in [1.807, 2.05) is 6.08 Å². The van der Waals surface area contributed by atoms with Crippen molar-refractivity contribution in [1.82, 2.24) is 0 Å². The van der Waals surface area contributed by atoms with Crippen molar-refractivity contribution in [2.45, 2.75) is 19.8 Å². The summed E-state index contributed by atoms with van der Waals surface area (Å²) in [5, 5.41) is 0. The summed E-state index contributed by atoms with van der Waals surface area (Å²) >= 11 is 0. The van der Waals surface area contributed by atoms with E-state index in [4.69, 9.17) is 0 Å². The Hall–Kier alpha value is -0.780. The van der Waals surface area contributed by atoms with Crippen molar-refractivity contribution in [3.8, 4) is 0 Å². The Balaban J connectivity index is 3.44. The molecule has 0 unspecified atom stereocenters. The van der Waals surface area contributed by atoms with Crippen LogP contribution >= 0.6 is 0 Å². The molecule has 0 amide bonds. The molecule has 0 saturated carbocycles. The van der Waals surface area contributed by atoms with Gasteiger partial charge in [0.15, 0.2) is 0 Å². The van der Waals surface area contributed by atoms with Crippen molar-refractivity contribution >= 4 is 0 Å². The lowest BCUT2D eigenvalue weighted by atomic mass is 10.2. The van der Waals surface area contributed by atoms with Gasteiger partial charge in [-0.15, -0.1) is 0 Å². The smallest absolute Gasteiger partial charge is 0.0338 e. The normalized spacial score (nSPS) is 9.89. The summed E-state index contributed by atoms with van der Waals surface area (Å²) in [5.41, 5.74) is 0.989. The van der Waals surface area contributed by atoms with Gasteiger partial charge in [-0.25, -0.2) is 0 Å². The molecule has 0 atom stereocenters. The quantitative estimate of drug-likeness (QED) is 0.503. The van der Waals surface area contributed by atoms with Crippen LogP contribution in [0.1, 0.15) is 19.8 Å². The number of unbranched alkanes of at least 4 members (excludes halogenated alkanes) is 1. The van der Waals surface area contributed by atoms with Crippen LogP contribution in [0.3, 0.4) is 0 Å². The maximum Gasteiger partial charge on any atom is -0.0338 e. The van der Waals surface area contributed by atoms with Crippen molar-refractivity contribution in [1.29, 1.82) is 0 Å². The lowest BCUT2D eigenvalue weighted by Crippen LogP contribution is -1.64. The van der Waals surface area contributed by atoms with Crippen LogP contribution in [0.5, 0.6) is 0 Å². The predicted molar refractivity (Wildman–Crippen MR) is 43.4 cm³/mol. The first-order chi connectivity index (χ1) is 4.31. The molecular weight excluding hydrogens is 108 g/mol. The third-order valence-electron chi connectivity index (χ3n) is 1.05. The third-order valence-corrected chi connectivity index (χ3v) is 1.05. The molecule has 0 rings (SSSR count). The Bertz CT molecular complexity index is 118. The molecule has 0 radical (unpaired) electrons. The van der Waals surface area contributed by atoms with E-state index >= 15 is 0 Å². The molecule has 0 aromatic rings. The Morgan fingerprint density at radius 2 is 2.22 bits per heavy atom. The van der Waals surface area contributed by atoms with Crippen molar-refractivity contribution in [3.63, 3.8) is 0 Å². The maximum absolute atomic E-state index is 3.74. The Morgan fingerprint density at radius 3 is 2.67 bits per heavy atom. The van der Waals surface area contributed by atoms with Crippen LogP contribution in [0.15, 0.2) is 37.0 Å². The minimum Gasteiger partial charge on any atom is -0.0985 e. The van der Waals surface area contributed by atoms with E-state index in [2.05, 4.69) is 26.2 Å². The molecule has 0 fully saturated rings. The maximum atomic E-state index is 3.74. The topological polar surface area (TPSA) is 0 Å². The minimum absolute atomic E-state index is 0.989. The van der Waals surface area contributed by atoms with Crippen LogP contribution < -0.4 is 0 Å². The third kappa shape index (κ3) is 5.09. The molecule has 0 N–H and O–H groups in total. The fourth-order valence-electron chi connectivity index (χ4n) is 0.469. The van der Waals surface area contributed by atoms with Crippen LogP contribution in [0.25, 0.3) is 0 Å². The Labute approximate surface area is 57.6 Å². The van der Waals surface area contributed by atoms with Gasteiger partial charge in [0, 0.05) is 0 Å². The average molecular weight is 122 g/mol. The van der Waals surface area contributed by atoms with Crippen molar-refractivity contribution in [2.75, 3.05) is 0 Å². The van der Waals surface area contributed by atoms with Crippen LogP contribution in [-0.2, 0) is 0 Å². The largest absolute Gasteiger partial charge is 0.0985 e. The Morgan fingerprint density at radius 1 is 1.56 bits per heavy atom. The van der Waals surface area contributed by atoms with Crippen LogP contribution in [0, 0.1) is 0 Å². The highest BCUT2D eigenvalue weighted by atomic mass is 13.8. The van der Waals surface area contributed by atoms with E-state index in [1.165, 1.54) is 6.42 Å². The molecule has 0 bridgehead atoms. The fraction of sp³-hybridized carbons (Fsp3) is 0.333. The SMILES string of the molecule is C=CC(=C)/C=C/CCC. The zero-order valence-electron chi connectivity index (χ0n) is 6.06. The van der Waals surface area contributed by atoms with Gasteiger partial charge in [0.1, 0.15) is 0 Å². The highest BCUT2D eigenvalue weighted by Gasteiger charge is 1.75. The summed E-state index contributed by atoms with van der Waals surface area (Å²) in [4.78, 5) is 0. The van der Waals surface area contributed by atoms with Gasteiger partial charge in [-0.3, -0.25) is 0 Å². The molecule has 0 heterocycles. The number of allylic oxidation sites excluding steroid dienone is 4. The molecule has 0 aliphatic heterocycles. The summed E-state index contributed by atoms with van der Waals surface area (Å²) in [6, 6.07) is 0. The van der Waals surface area contributed by atoms with Crippen molar-refractivity contribution in [2.24, 2.45) is 0 Å². The number of hydrogen-bond acceptors (Lipinski definition) is 0. The first-order valence-electron chi connectivity index (χ1n) is 3.29. The van der Waals surface area contributed by atoms with Gasteiger partial charge in [-0.05, 0) is 12.0 Å². The highest BCUT2D eigenvalue weighted by Crippen LogP contribution is 1.95. The van der Waals surface area contributed by atoms with Crippen LogP contribution in [0.4, 0.5) is 0 Å². The first kappa shape index (κ1) is 8.22. The lowest BCUT2D eigenvalue weighted by Gasteiger charge is -1.85. The minimum atomic E-state index is 0.989. The van der Waals surface area contributed by atoms with E-state index in [0.717, 1.165) is 12.0 Å². The lowest BCUT2D eigenvalue weighted by molar-refractivity contribution is 0.958. The van der Waals surface area contributed by atoms with E-state index in [-0.39, 0.29) is 0 Å². The van der Waals surface area contributed by atoms with Gasteiger partial charge >= 0.3 is 0 Å². The second-order valence-electron chi connectivity index (χ2n) is 1.97. The zero-order chi connectivity index (χ0) is 7.11. The van der Waals surface area contributed by atoms with Gasteiger partial charge in [0.2, 0.25) is 0 Å². The fourth-order valence-corrected chi connectivity index (χ4v) is 0.469. The van der Waals surface area contributed by atoms with Crippen molar-refractivity contribution in [3.05, 3.63) is 37.0 Å². The molecule has 0 aliphatic carbocycles. The van der Waals surface area contributed by atoms with Gasteiger partial charge in [0.05, 0.1) is 0 Å². The zero-order valence-corrected chi connectivity index (χ0v) is 6.06. The van der Waals surface area contributed by atoms with Crippen molar-refractivity contribution < 1.29 is 0 Å². The predicted octanol–water partition coefficient (Wildman–Crippen LogP) is 3.08. The summed E-state index contributed by atoms with van der Waals surface area (Å²) in [6.45, 7) is 9.48. The van der Waals surface area contributed by atoms with Gasteiger partial charge < -0.3 is 0 Å². The molecule has 0 aromatic carbocycles. The standard InChI is InChI=1S/C9H14/c1-4-6-7-8-9(3)5-2/h5,7-8H,2-4,6H2,1H3/b8-7+. The molecule has 0 nitrogen and oxygen atoms in total. The van der Waals surface area contributed by atoms with E-state index in [9.17, 15) is 0 Å². The molecule has 0 spiro atoms. The van der Waals surface area contributed by atoms with Gasteiger partial charge in [0.25, 0.3) is 0 Å². The highest BCUT2D eigenvalue weighted by molar-refractivity contribution is 5.24. The van der Waals surface area contributed by atoms with Gasteiger partial charge in [-0.2, -0.15) is 0 Å². The Kier molecular flexibility index (Phi) is 4.89.